The first-order valence-corrected chi connectivity index (χ1v) is 10.8. The summed E-state index contributed by atoms with van der Waals surface area (Å²) in [5.74, 6) is 1.61. The van der Waals surface area contributed by atoms with Gasteiger partial charge in [-0.05, 0) is 55.2 Å². The zero-order valence-corrected chi connectivity index (χ0v) is 18.6. The Bertz CT molecular complexity index is 1050. The summed E-state index contributed by atoms with van der Waals surface area (Å²) in [5, 5.41) is 11.8. The third-order valence-electron chi connectivity index (χ3n) is 4.80. The predicted molar refractivity (Wildman–Crippen MR) is 119 cm³/mol. The number of aromatic nitrogens is 2. The van der Waals surface area contributed by atoms with Gasteiger partial charge < -0.3 is 5.73 Å². The molecule has 28 heavy (non-hydrogen) atoms. The fraction of sp³-hybridized carbons (Fsp3) is 0.300. The Morgan fingerprint density at radius 2 is 1.89 bits per heavy atom. The lowest BCUT2D eigenvalue weighted by Crippen LogP contribution is -2.29. The van der Waals surface area contributed by atoms with E-state index in [4.69, 9.17) is 10.7 Å². The van der Waals surface area contributed by atoms with Crippen molar-refractivity contribution < 1.29 is 0 Å². The topological polar surface area (TPSA) is 79.8 Å². The van der Waals surface area contributed by atoms with E-state index in [9.17, 15) is 0 Å². The summed E-state index contributed by atoms with van der Waals surface area (Å²) in [4.78, 5) is 9.24. The van der Waals surface area contributed by atoms with Crippen molar-refractivity contribution in [1.82, 2.24) is 15.0 Å². The lowest BCUT2D eigenvalue weighted by Gasteiger charge is -2.27. The van der Waals surface area contributed by atoms with E-state index in [0.29, 0.717) is 17.6 Å². The quantitative estimate of drug-likeness (QED) is 0.435. The summed E-state index contributed by atoms with van der Waals surface area (Å²) in [6.45, 7) is 4.12. The van der Waals surface area contributed by atoms with Gasteiger partial charge in [-0.1, -0.05) is 44.0 Å². The summed E-state index contributed by atoms with van der Waals surface area (Å²) in [6.07, 6.45) is 2.39. The number of piperidine rings is 1. The van der Waals surface area contributed by atoms with Crippen molar-refractivity contribution >= 4 is 54.3 Å². The van der Waals surface area contributed by atoms with Crippen molar-refractivity contribution in [2.45, 2.75) is 19.8 Å². The van der Waals surface area contributed by atoms with E-state index in [1.54, 1.807) is 0 Å². The van der Waals surface area contributed by atoms with Gasteiger partial charge in [-0.15, -0.1) is 5.11 Å². The second-order valence-electron chi connectivity index (χ2n) is 7.10. The standard InChI is InChI=1S/C20H20Br2N6/c1-12-3-2-8-28(11-12)27-26-18-7-5-14(22)10-16(18)20-24-17-6-4-13(21)9-15(17)19(23)25-20/h4-7,9-10,12H,2-3,8,11H2,1H3,(H2,23,24,25)/t12-/m1/s1. The maximum Gasteiger partial charge on any atom is 0.164 e. The Morgan fingerprint density at radius 1 is 1.11 bits per heavy atom. The van der Waals surface area contributed by atoms with Crippen molar-refractivity contribution in [3.63, 3.8) is 0 Å². The van der Waals surface area contributed by atoms with Crippen LogP contribution in [0.4, 0.5) is 11.5 Å². The molecular weight excluding hydrogens is 484 g/mol. The van der Waals surface area contributed by atoms with E-state index in [1.165, 1.54) is 6.42 Å². The molecule has 4 rings (SSSR count). The van der Waals surface area contributed by atoms with Crippen LogP contribution >= 0.6 is 31.9 Å². The monoisotopic (exact) mass is 502 g/mol. The van der Waals surface area contributed by atoms with E-state index in [-0.39, 0.29) is 0 Å². The molecule has 0 unspecified atom stereocenters. The molecule has 0 spiro atoms. The zero-order valence-electron chi connectivity index (χ0n) is 15.4. The molecule has 2 aromatic carbocycles. The van der Waals surface area contributed by atoms with Crippen molar-refractivity contribution in [3.05, 3.63) is 45.3 Å². The number of hydrogen-bond acceptors (Lipinski definition) is 5. The smallest absolute Gasteiger partial charge is 0.164 e. The van der Waals surface area contributed by atoms with Gasteiger partial charge in [0.15, 0.2) is 5.82 Å². The van der Waals surface area contributed by atoms with Crippen molar-refractivity contribution in [1.29, 1.82) is 0 Å². The highest BCUT2D eigenvalue weighted by Crippen LogP contribution is 2.34. The third-order valence-corrected chi connectivity index (χ3v) is 5.79. The minimum atomic E-state index is 0.439. The second-order valence-corrected chi connectivity index (χ2v) is 8.94. The lowest BCUT2D eigenvalue weighted by atomic mass is 10.0. The summed E-state index contributed by atoms with van der Waals surface area (Å²) in [5.41, 5.74) is 8.51. The average molecular weight is 504 g/mol. The summed E-state index contributed by atoms with van der Waals surface area (Å²) in [7, 11) is 0. The van der Waals surface area contributed by atoms with Crippen LogP contribution in [-0.4, -0.2) is 28.1 Å². The van der Waals surface area contributed by atoms with Gasteiger partial charge in [0.2, 0.25) is 0 Å². The minimum Gasteiger partial charge on any atom is -0.383 e. The molecule has 0 amide bonds. The second kappa shape index (κ2) is 8.13. The predicted octanol–water partition coefficient (Wildman–Crippen LogP) is 6.13. The first-order valence-electron chi connectivity index (χ1n) is 9.19. The van der Waals surface area contributed by atoms with E-state index in [0.717, 1.165) is 50.6 Å². The van der Waals surface area contributed by atoms with Crippen LogP contribution in [0.15, 0.2) is 55.7 Å². The fourth-order valence-electron chi connectivity index (χ4n) is 3.38. The van der Waals surface area contributed by atoms with Crippen molar-refractivity contribution in [3.8, 4) is 11.4 Å². The number of halogens is 2. The molecule has 1 fully saturated rings. The number of benzene rings is 2. The normalized spacial score (nSPS) is 17.5. The molecule has 2 heterocycles. The number of fused-ring (bicyclic) bond motifs is 1. The molecule has 0 bridgehead atoms. The maximum absolute atomic E-state index is 6.21. The van der Waals surface area contributed by atoms with Gasteiger partial charge >= 0.3 is 0 Å². The molecule has 3 aromatic rings. The number of rotatable bonds is 3. The van der Waals surface area contributed by atoms with E-state index < -0.39 is 0 Å². The van der Waals surface area contributed by atoms with Gasteiger partial charge in [0.1, 0.15) is 5.82 Å². The van der Waals surface area contributed by atoms with Gasteiger partial charge in [0, 0.05) is 33.0 Å². The molecule has 0 aliphatic carbocycles. The molecule has 8 heteroatoms. The van der Waals surface area contributed by atoms with Crippen LogP contribution in [0.1, 0.15) is 19.8 Å². The van der Waals surface area contributed by atoms with E-state index >= 15 is 0 Å². The average Bonchev–Trinajstić information content (AvgIpc) is 2.67. The third kappa shape index (κ3) is 4.17. The van der Waals surface area contributed by atoms with Gasteiger partial charge in [0.05, 0.1) is 11.2 Å². The van der Waals surface area contributed by atoms with Crippen molar-refractivity contribution in [2.75, 3.05) is 18.8 Å². The van der Waals surface area contributed by atoms with Crippen LogP contribution in [-0.2, 0) is 0 Å². The number of anilines is 1. The molecule has 144 valence electrons. The highest BCUT2D eigenvalue weighted by molar-refractivity contribution is 9.10. The molecule has 1 aliphatic rings. The van der Waals surface area contributed by atoms with Gasteiger partial charge in [-0.25, -0.2) is 9.97 Å². The molecule has 1 aromatic heterocycles. The molecule has 1 atom stereocenters. The Hall–Kier alpha value is -2.06. The van der Waals surface area contributed by atoms with Gasteiger partial charge in [-0.2, -0.15) is 0 Å². The van der Waals surface area contributed by atoms with Crippen LogP contribution in [0.5, 0.6) is 0 Å². The molecule has 0 saturated carbocycles. The Balaban J connectivity index is 1.74. The van der Waals surface area contributed by atoms with Crippen LogP contribution in [0.2, 0.25) is 0 Å². The van der Waals surface area contributed by atoms with E-state index in [1.807, 2.05) is 41.4 Å². The summed E-state index contributed by atoms with van der Waals surface area (Å²) < 4.78 is 1.86. The van der Waals surface area contributed by atoms with Crippen molar-refractivity contribution in [2.24, 2.45) is 16.3 Å². The molecule has 2 N–H and O–H groups in total. The fourth-order valence-corrected chi connectivity index (χ4v) is 4.10. The number of nitrogens with two attached hydrogens (primary N) is 1. The molecule has 0 radical (unpaired) electrons. The van der Waals surface area contributed by atoms with Crippen LogP contribution in [0.25, 0.3) is 22.3 Å². The Kier molecular flexibility index (Phi) is 5.59. The zero-order chi connectivity index (χ0) is 19.7. The summed E-state index contributed by atoms with van der Waals surface area (Å²) >= 11 is 7.00. The Labute approximate surface area is 180 Å². The first kappa shape index (κ1) is 19.3. The Morgan fingerprint density at radius 3 is 2.71 bits per heavy atom. The van der Waals surface area contributed by atoms with Crippen LogP contribution < -0.4 is 5.73 Å². The van der Waals surface area contributed by atoms with Gasteiger partial charge in [0.25, 0.3) is 0 Å². The lowest BCUT2D eigenvalue weighted by molar-refractivity contribution is 0.179. The molecule has 6 nitrogen and oxygen atoms in total. The maximum atomic E-state index is 6.21. The summed E-state index contributed by atoms with van der Waals surface area (Å²) in [6, 6.07) is 11.6. The highest BCUT2D eigenvalue weighted by Gasteiger charge is 2.16. The first-order chi connectivity index (χ1) is 13.5. The molecular formula is C20H20Br2N6. The minimum absolute atomic E-state index is 0.439. The molecule has 1 saturated heterocycles. The number of nitrogen functional groups attached to an aromatic ring is 1. The largest absolute Gasteiger partial charge is 0.383 e. The van der Waals surface area contributed by atoms with Gasteiger partial charge in [-0.3, -0.25) is 5.01 Å². The number of hydrogen-bond donors (Lipinski definition) is 1. The SMILES string of the molecule is C[C@@H]1CCCN(N=Nc2ccc(Br)cc2-c2nc(N)c3cc(Br)ccc3n2)C1. The number of nitrogens with zero attached hydrogens (tertiary/aromatic N) is 5. The van der Waals surface area contributed by atoms with E-state index in [2.05, 4.69) is 54.1 Å². The molecule has 1 aliphatic heterocycles. The van der Waals surface area contributed by atoms with Crippen LogP contribution in [0, 0.1) is 5.92 Å². The highest BCUT2D eigenvalue weighted by atomic mass is 79.9. The van der Waals surface area contributed by atoms with Crippen LogP contribution in [0.3, 0.4) is 0 Å².